The maximum Gasteiger partial charge on any atom is 0.318 e. The van der Waals surface area contributed by atoms with Crippen LogP contribution in [0.4, 0.5) is 11.5 Å². The first-order chi connectivity index (χ1) is 18.6. The first kappa shape index (κ1) is 25.2. The average Bonchev–Trinajstić information content (AvgIpc) is 3.48. The molecule has 0 radical (unpaired) electrons. The summed E-state index contributed by atoms with van der Waals surface area (Å²) in [5.74, 6) is 0.971. The van der Waals surface area contributed by atoms with Crippen molar-refractivity contribution in [1.82, 2.24) is 19.8 Å². The maximum absolute atomic E-state index is 12.2. The summed E-state index contributed by atoms with van der Waals surface area (Å²) in [5.41, 5.74) is 6.65. The molecule has 3 aliphatic heterocycles. The highest BCUT2D eigenvalue weighted by molar-refractivity contribution is 5.87. The van der Waals surface area contributed by atoms with Crippen LogP contribution in [0.15, 0.2) is 30.9 Å². The highest BCUT2D eigenvalue weighted by Gasteiger charge is 2.32. The minimum atomic E-state index is -0.00165. The minimum absolute atomic E-state index is 0.00165. The summed E-state index contributed by atoms with van der Waals surface area (Å²) in [6.45, 7) is 9.80. The van der Waals surface area contributed by atoms with Crippen LogP contribution in [-0.2, 0) is 30.7 Å². The number of hydrogen-bond donors (Lipinski definition) is 0. The molecule has 1 aromatic heterocycles. The van der Waals surface area contributed by atoms with Crippen molar-refractivity contribution in [1.29, 1.82) is 0 Å². The molecule has 4 aliphatic rings. The number of carbonyl (C=O) groups excluding carboxylic acids is 1. The standard InChI is InChI=1S/C30H40N6O2/c1-3-28(37)34-15-17-35(18-16-34)29-25-19-36(27-13-7-10-22-9-5-4-6-12-24(22)27)20-26(25)31-30(32-29)38-21-23-11-8-14-33(23)2/h3,7,10,13,23H,1,4-6,8-9,11-12,14-21H2,2H3/t23-/m0/s1. The minimum Gasteiger partial charge on any atom is -0.462 e. The smallest absolute Gasteiger partial charge is 0.318 e. The van der Waals surface area contributed by atoms with E-state index in [1.807, 2.05) is 4.90 Å². The van der Waals surface area contributed by atoms with E-state index in [-0.39, 0.29) is 5.91 Å². The zero-order chi connectivity index (χ0) is 26.1. The number of aromatic nitrogens is 2. The first-order valence-electron chi connectivity index (χ1n) is 14.4. The Morgan fingerprint density at radius 3 is 2.63 bits per heavy atom. The van der Waals surface area contributed by atoms with E-state index in [0.717, 1.165) is 57.1 Å². The number of carbonyl (C=O) groups is 1. The average molecular weight is 517 g/mol. The van der Waals surface area contributed by atoms with Gasteiger partial charge in [0, 0.05) is 50.0 Å². The Kier molecular flexibility index (Phi) is 7.24. The largest absolute Gasteiger partial charge is 0.462 e. The lowest BCUT2D eigenvalue weighted by atomic mass is 10.0. The van der Waals surface area contributed by atoms with Crippen molar-refractivity contribution in [3.05, 3.63) is 53.2 Å². The van der Waals surface area contributed by atoms with Gasteiger partial charge in [0.05, 0.1) is 12.2 Å². The molecule has 0 spiro atoms. The van der Waals surface area contributed by atoms with Gasteiger partial charge in [0.25, 0.3) is 0 Å². The molecule has 1 aliphatic carbocycles. The molecule has 2 aromatic rings. The molecular formula is C30H40N6O2. The first-order valence-corrected chi connectivity index (χ1v) is 14.4. The third kappa shape index (κ3) is 4.98. The molecular weight excluding hydrogens is 476 g/mol. The van der Waals surface area contributed by atoms with Crippen molar-refractivity contribution in [2.45, 2.75) is 64.1 Å². The second kappa shape index (κ2) is 10.9. The Labute approximate surface area is 226 Å². The number of nitrogens with zero attached hydrogens (tertiary/aromatic N) is 6. The number of anilines is 2. The van der Waals surface area contributed by atoms with Gasteiger partial charge < -0.3 is 24.3 Å². The van der Waals surface area contributed by atoms with Gasteiger partial charge in [-0.05, 0) is 75.4 Å². The molecule has 4 heterocycles. The molecule has 0 unspecified atom stereocenters. The highest BCUT2D eigenvalue weighted by atomic mass is 16.5. The van der Waals surface area contributed by atoms with Gasteiger partial charge in [-0.1, -0.05) is 25.1 Å². The molecule has 6 rings (SSSR count). The van der Waals surface area contributed by atoms with Gasteiger partial charge in [-0.3, -0.25) is 4.79 Å². The fraction of sp³-hybridized carbons (Fsp3) is 0.567. The third-order valence-corrected chi connectivity index (χ3v) is 8.84. The van der Waals surface area contributed by atoms with Gasteiger partial charge in [0.1, 0.15) is 12.4 Å². The van der Waals surface area contributed by atoms with Crippen LogP contribution in [0.1, 0.15) is 54.5 Å². The number of aryl methyl sites for hydroxylation is 1. The lowest BCUT2D eigenvalue weighted by molar-refractivity contribution is -0.126. The number of likely N-dealkylation sites (tertiary alicyclic amines) is 1. The molecule has 1 aromatic carbocycles. The van der Waals surface area contributed by atoms with Crippen molar-refractivity contribution in [2.75, 3.05) is 56.2 Å². The lowest BCUT2D eigenvalue weighted by Gasteiger charge is -2.35. The summed E-state index contributed by atoms with van der Waals surface area (Å²) < 4.78 is 6.26. The Hall–Kier alpha value is -3.13. The number of benzene rings is 1. The van der Waals surface area contributed by atoms with Gasteiger partial charge in [0.15, 0.2) is 0 Å². The fourth-order valence-electron chi connectivity index (χ4n) is 6.57. The molecule has 202 valence electrons. The summed E-state index contributed by atoms with van der Waals surface area (Å²) in [7, 11) is 2.17. The number of fused-ring (bicyclic) bond motifs is 2. The zero-order valence-corrected chi connectivity index (χ0v) is 22.7. The Morgan fingerprint density at radius 1 is 1.00 bits per heavy atom. The van der Waals surface area contributed by atoms with Crippen molar-refractivity contribution >= 4 is 17.4 Å². The number of hydrogen-bond acceptors (Lipinski definition) is 7. The van der Waals surface area contributed by atoms with E-state index < -0.39 is 0 Å². The van der Waals surface area contributed by atoms with E-state index in [2.05, 4.69) is 46.5 Å². The van der Waals surface area contributed by atoms with Crippen molar-refractivity contribution in [2.24, 2.45) is 0 Å². The Morgan fingerprint density at radius 2 is 1.84 bits per heavy atom. The molecule has 1 amide bonds. The molecule has 2 fully saturated rings. The Bertz CT molecular complexity index is 1190. The van der Waals surface area contributed by atoms with Gasteiger partial charge in [-0.25, -0.2) is 0 Å². The van der Waals surface area contributed by atoms with E-state index in [1.54, 1.807) is 0 Å². The molecule has 0 bridgehead atoms. The highest BCUT2D eigenvalue weighted by Crippen LogP contribution is 2.38. The van der Waals surface area contributed by atoms with E-state index in [9.17, 15) is 4.79 Å². The van der Waals surface area contributed by atoms with Crippen LogP contribution in [0, 0.1) is 0 Å². The predicted molar refractivity (Wildman–Crippen MR) is 150 cm³/mol. The number of ether oxygens (including phenoxy) is 1. The summed E-state index contributed by atoms with van der Waals surface area (Å²) in [4.78, 5) is 31.2. The molecule has 0 saturated carbocycles. The number of likely N-dealkylation sites (N-methyl/N-ethyl adjacent to an activating group) is 1. The molecule has 8 heteroatoms. The molecule has 8 nitrogen and oxygen atoms in total. The SMILES string of the molecule is C=CC(=O)N1CCN(c2nc(OC[C@@H]3CCCN3C)nc3c2CN(c2cccc4c2CCCCC4)C3)CC1. The second-order valence-electron chi connectivity index (χ2n) is 11.2. The second-order valence-corrected chi connectivity index (χ2v) is 11.2. The fourth-order valence-corrected chi connectivity index (χ4v) is 6.57. The van der Waals surface area contributed by atoms with E-state index in [4.69, 9.17) is 14.7 Å². The summed E-state index contributed by atoms with van der Waals surface area (Å²) in [6.07, 6.45) is 9.95. The lowest BCUT2D eigenvalue weighted by Crippen LogP contribution is -2.48. The monoisotopic (exact) mass is 516 g/mol. The summed E-state index contributed by atoms with van der Waals surface area (Å²) in [5, 5.41) is 0. The number of rotatable bonds is 6. The van der Waals surface area contributed by atoms with E-state index in [1.165, 1.54) is 60.6 Å². The maximum atomic E-state index is 12.2. The van der Waals surface area contributed by atoms with Crippen molar-refractivity contribution in [3.63, 3.8) is 0 Å². The number of amides is 1. The van der Waals surface area contributed by atoms with E-state index >= 15 is 0 Å². The van der Waals surface area contributed by atoms with Crippen LogP contribution >= 0.6 is 0 Å². The molecule has 0 N–H and O–H groups in total. The predicted octanol–water partition coefficient (Wildman–Crippen LogP) is 3.57. The van der Waals surface area contributed by atoms with Gasteiger partial charge >= 0.3 is 6.01 Å². The zero-order valence-electron chi connectivity index (χ0n) is 22.7. The van der Waals surface area contributed by atoms with Gasteiger partial charge in [-0.15, -0.1) is 0 Å². The third-order valence-electron chi connectivity index (χ3n) is 8.84. The van der Waals surface area contributed by atoms with Crippen LogP contribution in [0.25, 0.3) is 0 Å². The summed E-state index contributed by atoms with van der Waals surface area (Å²) >= 11 is 0. The normalized spacial score (nSPS) is 21.7. The van der Waals surface area contributed by atoms with Gasteiger partial charge in [0.2, 0.25) is 5.91 Å². The number of piperazine rings is 1. The van der Waals surface area contributed by atoms with Crippen molar-refractivity contribution in [3.8, 4) is 6.01 Å². The van der Waals surface area contributed by atoms with Crippen LogP contribution in [0.2, 0.25) is 0 Å². The van der Waals surface area contributed by atoms with Crippen LogP contribution in [-0.4, -0.2) is 78.1 Å². The van der Waals surface area contributed by atoms with Crippen molar-refractivity contribution < 1.29 is 9.53 Å². The van der Waals surface area contributed by atoms with Crippen LogP contribution in [0.5, 0.6) is 6.01 Å². The molecule has 2 saturated heterocycles. The Balaban J connectivity index is 1.28. The summed E-state index contributed by atoms with van der Waals surface area (Å²) in [6, 6.07) is 7.72. The molecule has 1 atom stereocenters. The van der Waals surface area contributed by atoms with Crippen LogP contribution < -0.4 is 14.5 Å². The van der Waals surface area contributed by atoms with Gasteiger partial charge in [-0.2, -0.15) is 9.97 Å². The quantitative estimate of drug-likeness (QED) is 0.430. The van der Waals surface area contributed by atoms with E-state index in [0.29, 0.717) is 31.7 Å². The topological polar surface area (TPSA) is 65.0 Å². The van der Waals surface area contributed by atoms with Crippen LogP contribution in [0.3, 0.4) is 0 Å². The molecule has 38 heavy (non-hydrogen) atoms.